The van der Waals surface area contributed by atoms with Crippen LogP contribution < -0.4 is 10.6 Å². The molecule has 0 radical (unpaired) electrons. The number of aryl methyl sites for hydroxylation is 1. The van der Waals surface area contributed by atoms with Crippen molar-refractivity contribution in [3.63, 3.8) is 0 Å². The summed E-state index contributed by atoms with van der Waals surface area (Å²) in [7, 11) is 0. The van der Waals surface area contributed by atoms with Crippen molar-refractivity contribution < 1.29 is 4.79 Å². The molecule has 2 heterocycles. The van der Waals surface area contributed by atoms with E-state index in [1.54, 1.807) is 31.1 Å². The van der Waals surface area contributed by atoms with Crippen molar-refractivity contribution in [2.75, 3.05) is 16.9 Å². The van der Waals surface area contributed by atoms with E-state index in [0.29, 0.717) is 11.5 Å². The van der Waals surface area contributed by atoms with Crippen molar-refractivity contribution in [2.24, 2.45) is 0 Å². The Morgan fingerprint density at radius 2 is 2.25 bits per heavy atom. The second-order valence-electron chi connectivity index (χ2n) is 3.28. The molecule has 1 aliphatic rings. The molecule has 1 saturated heterocycles. The number of carbonyl (C=O) groups is 1. The van der Waals surface area contributed by atoms with Gasteiger partial charge in [-0.25, -0.2) is 9.97 Å². The first-order valence-electron chi connectivity index (χ1n) is 4.66. The number of aromatic nitrogens is 2. The van der Waals surface area contributed by atoms with E-state index in [9.17, 15) is 4.79 Å². The standard InChI is InChI=1S/C9H12N4OS.ClH/c1-6-10-2-7(3-11-6)13-9(14)8-4-15-5-12-8;/h2-3,8,12H,4-5H2,1H3,(H,13,14);1H. The first-order valence-corrected chi connectivity index (χ1v) is 5.82. The number of nitrogens with one attached hydrogen (secondary N) is 2. The normalized spacial score (nSPS) is 18.9. The molecule has 0 aromatic carbocycles. The van der Waals surface area contributed by atoms with Crippen LogP contribution in [-0.4, -0.2) is 33.5 Å². The minimum absolute atomic E-state index is 0. The summed E-state index contributed by atoms with van der Waals surface area (Å²) in [6.45, 7) is 1.81. The van der Waals surface area contributed by atoms with Gasteiger partial charge in [-0.15, -0.1) is 24.2 Å². The molecule has 1 fully saturated rings. The lowest BCUT2D eigenvalue weighted by molar-refractivity contribution is -0.117. The van der Waals surface area contributed by atoms with Crippen LogP contribution in [0.2, 0.25) is 0 Å². The predicted octanol–water partition coefficient (Wildman–Crippen LogP) is 0.808. The molecule has 1 aromatic heterocycles. The summed E-state index contributed by atoms with van der Waals surface area (Å²) in [4.78, 5) is 19.7. The van der Waals surface area contributed by atoms with Crippen molar-refractivity contribution in [1.82, 2.24) is 15.3 Å². The minimum atomic E-state index is -0.101. The molecule has 0 bridgehead atoms. The molecule has 0 aliphatic carbocycles. The molecular formula is C9H13ClN4OS. The van der Waals surface area contributed by atoms with Crippen molar-refractivity contribution >= 4 is 35.8 Å². The fourth-order valence-electron chi connectivity index (χ4n) is 1.25. The van der Waals surface area contributed by atoms with Crippen molar-refractivity contribution in [3.8, 4) is 0 Å². The third-order valence-electron chi connectivity index (χ3n) is 2.08. The maximum absolute atomic E-state index is 11.7. The number of hydrogen-bond acceptors (Lipinski definition) is 5. The number of halogens is 1. The van der Waals surface area contributed by atoms with Gasteiger partial charge in [0, 0.05) is 11.6 Å². The van der Waals surface area contributed by atoms with E-state index in [0.717, 1.165) is 11.6 Å². The molecule has 88 valence electrons. The third-order valence-corrected chi connectivity index (χ3v) is 3.02. The van der Waals surface area contributed by atoms with Crippen LogP contribution in [0.25, 0.3) is 0 Å². The zero-order chi connectivity index (χ0) is 10.7. The Hall–Kier alpha value is -0.850. The highest BCUT2D eigenvalue weighted by molar-refractivity contribution is 7.99. The van der Waals surface area contributed by atoms with Gasteiger partial charge in [0.05, 0.1) is 24.1 Å². The summed E-state index contributed by atoms with van der Waals surface area (Å²) in [6.07, 6.45) is 3.23. The van der Waals surface area contributed by atoms with Gasteiger partial charge in [-0.2, -0.15) is 0 Å². The van der Waals surface area contributed by atoms with Gasteiger partial charge in [-0.1, -0.05) is 0 Å². The van der Waals surface area contributed by atoms with Crippen molar-refractivity contribution in [3.05, 3.63) is 18.2 Å². The molecule has 2 rings (SSSR count). The van der Waals surface area contributed by atoms with Gasteiger partial charge in [-0.05, 0) is 6.92 Å². The Labute approximate surface area is 104 Å². The fourth-order valence-corrected chi connectivity index (χ4v) is 2.19. The lowest BCUT2D eigenvalue weighted by Gasteiger charge is -2.09. The number of thioether (sulfide) groups is 1. The average molecular weight is 261 g/mol. The van der Waals surface area contributed by atoms with Gasteiger partial charge < -0.3 is 5.32 Å². The first kappa shape index (κ1) is 13.2. The van der Waals surface area contributed by atoms with Gasteiger partial charge >= 0.3 is 0 Å². The van der Waals surface area contributed by atoms with Crippen LogP contribution in [0.3, 0.4) is 0 Å². The van der Waals surface area contributed by atoms with Gasteiger partial charge in [0.25, 0.3) is 0 Å². The van der Waals surface area contributed by atoms with E-state index in [2.05, 4.69) is 20.6 Å². The van der Waals surface area contributed by atoms with Crippen molar-refractivity contribution in [2.45, 2.75) is 13.0 Å². The van der Waals surface area contributed by atoms with Crippen LogP contribution in [-0.2, 0) is 4.79 Å². The smallest absolute Gasteiger partial charge is 0.242 e. The largest absolute Gasteiger partial charge is 0.322 e. The Morgan fingerprint density at radius 1 is 1.56 bits per heavy atom. The molecule has 7 heteroatoms. The summed E-state index contributed by atoms with van der Waals surface area (Å²) in [5.74, 6) is 2.33. The first-order chi connectivity index (χ1) is 7.25. The molecule has 16 heavy (non-hydrogen) atoms. The van der Waals surface area contributed by atoms with E-state index < -0.39 is 0 Å². The number of anilines is 1. The van der Waals surface area contributed by atoms with E-state index in [1.165, 1.54) is 0 Å². The Kier molecular flexibility index (Phi) is 4.98. The molecule has 1 unspecified atom stereocenters. The average Bonchev–Trinajstić information content (AvgIpc) is 2.74. The van der Waals surface area contributed by atoms with Crippen LogP contribution in [0.4, 0.5) is 5.69 Å². The van der Waals surface area contributed by atoms with Gasteiger partial charge in [0.1, 0.15) is 5.82 Å². The van der Waals surface area contributed by atoms with Crippen LogP contribution in [0.5, 0.6) is 0 Å². The van der Waals surface area contributed by atoms with E-state index >= 15 is 0 Å². The number of nitrogens with zero attached hydrogens (tertiary/aromatic N) is 2. The second-order valence-corrected chi connectivity index (χ2v) is 4.31. The Morgan fingerprint density at radius 3 is 2.81 bits per heavy atom. The summed E-state index contributed by atoms with van der Waals surface area (Å²) >= 11 is 1.72. The minimum Gasteiger partial charge on any atom is -0.322 e. The summed E-state index contributed by atoms with van der Waals surface area (Å²) in [5.41, 5.74) is 0.643. The highest BCUT2D eigenvalue weighted by Crippen LogP contribution is 2.11. The molecule has 1 aliphatic heterocycles. The highest BCUT2D eigenvalue weighted by Gasteiger charge is 2.22. The maximum atomic E-state index is 11.7. The lowest BCUT2D eigenvalue weighted by atomic mass is 10.3. The van der Waals surface area contributed by atoms with Gasteiger partial charge in [0.15, 0.2) is 0 Å². The zero-order valence-electron chi connectivity index (χ0n) is 8.77. The fraction of sp³-hybridized carbons (Fsp3) is 0.444. The molecule has 5 nitrogen and oxygen atoms in total. The van der Waals surface area contributed by atoms with Crippen LogP contribution in [0, 0.1) is 6.92 Å². The lowest BCUT2D eigenvalue weighted by Crippen LogP contribution is -2.37. The summed E-state index contributed by atoms with van der Waals surface area (Å²) < 4.78 is 0. The number of rotatable bonds is 2. The number of carbonyl (C=O) groups excluding carboxylic acids is 1. The van der Waals surface area contributed by atoms with E-state index in [-0.39, 0.29) is 24.4 Å². The summed E-state index contributed by atoms with van der Waals surface area (Å²) in [5, 5.41) is 5.87. The third kappa shape index (κ3) is 3.33. The van der Waals surface area contributed by atoms with Gasteiger partial charge in [0.2, 0.25) is 5.91 Å². The zero-order valence-corrected chi connectivity index (χ0v) is 10.4. The number of hydrogen-bond donors (Lipinski definition) is 2. The Balaban J connectivity index is 0.00000128. The van der Waals surface area contributed by atoms with Crippen LogP contribution in [0.15, 0.2) is 12.4 Å². The van der Waals surface area contributed by atoms with Crippen LogP contribution >= 0.6 is 24.2 Å². The highest BCUT2D eigenvalue weighted by atomic mass is 35.5. The molecule has 2 N–H and O–H groups in total. The van der Waals surface area contributed by atoms with E-state index in [1.807, 2.05) is 0 Å². The second kappa shape index (κ2) is 6.03. The molecule has 1 atom stereocenters. The molecular weight excluding hydrogens is 248 g/mol. The number of amides is 1. The van der Waals surface area contributed by atoms with Crippen LogP contribution in [0.1, 0.15) is 5.82 Å². The predicted molar refractivity (Wildman–Crippen MR) is 66.9 cm³/mol. The van der Waals surface area contributed by atoms with E-state index in [4.69, 9.17) is 0 Å². The topological polar surface area (TPSA) is 66.9 Å². The molecule has 0 saturated carbocycles. The van der Waals surface area contributed by atoms with Gasteiger partial charge in [-0.3, -0.25) is 10.1 Å². The maximum Gasteiger partial charge on any atom is 0.242 e. The molecule has 0 spiro atoms. The van der Waals surface area contributed by atoms with Crippen molar-refractivity contribution in [1.29, 1.82) is 0 Å². The molecule has 1 amide bonds. The monoisotopic (exact) mass is 260 g/mol. The Bertz CT molecular complexity index is 353. The quantitative estimate of drug-likeness (QED) is 0.824. The molecule has 1 aromatic rings. The summed E-state index contributed by atoms with van der Waals surface area (Å²) in [6, 6.07) is -0.101. The SMILES string of the molecule is Cc1ncc(NC(=O)C2CSCN2)cn1.Cl.